The molecular weight excluding hydrogens is 362 g/mol. The van der Waals surface area contributed by atoms with Crippen molar-refractivity contribution >= 4 is 40.1 Å². The first kappa shape index (κ1) is 17.7. The lowest BCUT2D eigenvalue weighted by molar-refractivity contribution is -0.123. The van der Waals surface area contributed by atoms with Crippen LogP contribution < -0.4 is 15.1 Å². The Balaban J connectivity index is 1.43. The Morgan fingerprint density at radius 3 is 2.80 bits per heavy atom. The molecule has 1 aliphatic heterocycles. The minimum Gasteiger partial charge on any atom is -0.484 e. The van der Waals surface area contributed by atoms with Gasteiger partial charge in [-0.3, -0.25) is 4.79 Å². The van der Waals surface area contributed by atoms with Crippen molar-refractivity contribution in [2.45, 2.75) is 0 Å². The molecule has 0 radical (unpaired) electrons. The monoisotopic (exact) mass is 379 g/mol. The molecular formula is C17H18ClN3O3S. The maximum Gasteiger partial charge on any atom is 0.277 e. The second-order valence-corrected chi connectivity index (χ2v) is 6.84. The summed E-state index contributed by atoms with van der Waals surface area (Å²) in [6.07, 6.45) is 1.63. The van der Waals surface area contributed by atoms with Gasteiger partial charge in [0.2, 0.25) is 0 Å². The van der Waals surface area contributed by atoms with Crippen LogP contribution in [0.1, 0.15) is 4.88 Å². The summed E-state index contributed by atoms with van der Waals surface area (Å²) in [5.74, 6) is 0.257. The van der Waals surface area contributed by atoms with Gasteiger partial charge in [0.15, 0.2) is 6.61 Å². The number of anilines is 1. The van der Waals surface area contributed by atoms with Crippen LogP contribution in [0.2, 0.25) is 5.02 Å². The average Bonchev–Trinajstić information content (AvgIpc) is 3.11. The van der Waals surface area contributed by atoms with E-state index in [1.54, 1.807) is 41.8 Å². The van der Waals surface area contributed by atoms with Crippen LogP contribution >= 0.6 is 22.9 Å². The number of halogens is 1. The van der Waals surface area contributed by atoms with E-state index in [1.807, 2.05) is 6.07 Å². The molecule has 0 aliphatic carbocycles. The highest BCUT2D eigenvalue weighted by atomic mass is 35.5. The van der Waals surface area contributed by atoms with Gasteiger partial charge in [-0.15, -0.1) is 11.3 Å². The number of carbonyl (C=O) groups is 1. The number of ether oxygens (including phenoxy) is 2. The number of nitrogens with one attached hydrogen (secondary N) is 1. The summed E-state index contributed by atoms with van der Waals surface area (Å²) in [6, 6.07) is 10.9. The molecule has 1 aromatic carbocycles. The van der Waals surface area contributed by atoms with Gasteiger partial charge in [0.25, 0.3) is 5.91 Å². The van der Waals surface area contributed by atoms with E-state index in [2.05, 4.69) is 21.5 Å². The number of hydrazone groups is 1. The van der Waals surface area contributed by atoms with E-state index in [0.29, 0.717) is 10.8 Å². The fraction of sp³-hybridized carbons (Fsp3) is 0.294. The first-order valence-electron chi connectivity index (χ1n) is 7.83. The van der Waals surface area contributed by atoms with E-state index >= 15 is 0 Å². The van der Waals surface area contributed by atoms with Crippen LogP contribution in [-0.2, 0) is 9.53 Å². The number of hydrogen-bond acceptors (Lipinski definition) is 6. The smallest absolute Gasteiger partial charge is 0.277 e. The third-order valence-corrected chi connectivity index (χ3v) is 4.83. The van der Waals surface area contributed by atoms with Gasteiger partial charge in [-0.2, -0.15) is 5.10 Å². The van der Waals surface area contributed by atoms with E-state index in [0.717, 1.165) is 31.2 Å². The predicted octanol–water partition coefficient (Wildman–Crippen LogP) is 2.77. The van der Waals surface area contributed by atoms with Crippen LogP contribution in [0.5, 0.6) is 5.75 Å². The minimum absolute atomic E-state index is 0.109. The lowest BCUT2D eigenvalue weighted by Gasteiger charge is -2.27. The number of thiophene rings is 1. The number of rotatable bonds is 6. The molecule has 1 fully saturated rings. The summed E-state index contributed by atoms with van der Waals surface area (Å²) >= 11 is 7.42. The molecule has 132 valence electrons. The normalized spacial score (nSPS) is 14.7. The van der Waals surface area contributed by atoms with Crippen molar-refractivity contribution < 1.29 is 14.3 Å². The molecule has 25 heavy (non-hydrogen) atoms. The van der Waals surface area contributed by atoms with Crippen LogP contribution in [0.25, 0.3) is 0 Å². The van der Waals surface area contributed by atoms with Crippen molar-refractivity contribution in [3.63, 3.8) is 0 Å². The van der Waals surface area contributed by atoms with Gasteiger partial charge in [0.1, 0.15) is 5.75 Å². The molecule has 1 N–H and O–H groups in total. The Kier molecular flexibility index (Phi) is 6.27. The molecule has 0 atom stereocenters. The topological polar surface area (TPSA) is 63.2 Å². The third-order valence-electron chi connectivity index (χ3n) is 3.50. The van der Waals surface area contributed by atoms with E-state index in [9.17, 15) is 4.79 Å². The standard InChI is InChI=1S/C17H18ClN3O3S/c18-13-1-3-14(4-2-13)24-12-16(22)20-19-11-15-5-6-17(25-15)21-7-9-23-10-8-21/h1-6,11H,7-10,12H2,(H,20,22)/b19-11+. The Morgan fingerprint density at radius 2 is 2.04 bits per heavy atom. The zero-order chi connectivity index (χ0) is 17.5. The summed E-state index contributed by atoms with van der Waals surface area (Å²) in [5, 5.41) is 5.77. The maximum absolute atomic E-state index is 11.7. The van der Waals surface area contributed by atoms with Crippen molar-refractivity contribution in [1.82, 2.24) is 5.43 Å². The van der Waals surface area contributed by atoms with E-state index in [4.69, 9.17) is 21.1 Å². The van der Waals surface area contributed by atoms with Gasteiger partial charge in [-0.1, -0.05) is 11.6 Å². The number of hydrogen-bond donors (Lipinski definition) is 1. The molecule has 1 aromatic heterocycles. The van der Waals surface area contributed by atoms with Crippen LogP contribution in [0.4, 0.5) is 5.00 Å². The van der Waals surface area contributed by atoms with Gasteiger partial charge < -0.3 is 14.4 Å². The van der Waals surface area contributed by atoms with Gasteiger partial charge in [-0.25, -0.2) is 5.43 Å². The summed E-state index contributed by atoms with van der Waals surface area (Å²) in [4.78, 5) is 15.0. The molecule has 2 heterocycles. The van der Waals surface area contributed by atoms with Crippen LogP contribution in [-0.4, -0.2) is 45.0 Å². The van der Waals surface area contributed by atoms with Crippen LogP contribution in [0.3, 0.4) is 0 Å². The molecule has 1 aliphatic rings. The molecule has 1 saturated heterocycles. The largest absolute Gasteiger partial charge is 0.484 e. The molecule has 0 bridgehead atoms. The van der Waals surface area contributed by atoms with Gasteiger partial charge in [-0.05, 0) is 36.4 Å². The van der Waals surface area contributed by atoms with Crippen molar-refractivity contribution in [3.8, 4) is 5.75 Å². The lowest BCUT2D eigenvalue weighted by atomic mass is 10.3. The van der Waals surface area contributed by atoms with E-state index in [1.165, 1.54) is 5.00 Å². The van der Waals surface area contributed by atoms with Crippen LogP contribution in [0.15, 0.2) is 41.5 Å². The van der Waals surface area contributed by atoms with Gasteiger partial charge >= 0.3 is 0 Å². The maximum atomic E-state index is 11.7. The summed E-state index contributed by atoms with van der Waals surface area (Å²) in [5.41, 5.74) is 2.45. The van der Waals surface area contributed by atoms with E-state index < -0.39 is 0 Å². The summed E-state index contributed by atoms with van der Waals surface area (Å²) < 4.78 is 10.7. The highest BCUT2D eigenvalue weighted by molar-refractivity contribution is 7.17. The van der Waals surface area contributed by atoms with Crippen molar-refractivity contribution in [2.24, 2.45) is 5.10 Å². The molecule has 3 rings (SSSR count). The number of benzene rings is 1. The lowest BCUT2D eigenvalue weighted by Crippen LogP contribution is -2.35. The first-order valence-corrected chi connectivity index (χ1v) is 9.03. The Morgan fingerprint density at radius 1 is 1.28 bits per heavy atom. The fourth-order valence-corrected chi connectivity index (χ4v) is 3.30. The molecule has 2 aromatic rings. The fourth-order valence-electron chi connectivity index (χ4n) is 2.25. The molecule has 1 amide bonds. The second kappa shape index (κ2) is 8.84. The third kappa shape index (κ3) is 5.45. The van der Waals surface area contributed by atoms with E-state index in [-0.39, 0.29) is 12.5 Å². The zero-order valence-electron chi connectivity index (χ0n) is 13.5. The minimum atomic E-state index is -0.323. The SMILES string of the molecule is O=C(COc1ccc(Cl)cc1)N/N=C/c1ccc(N2CCOCC2)s1. The Hall–Kier alpha value is -2.09. The second-order valence-electron chi connectivity index (χ2n) is 5.31. The Labute approximate surface area is 155 Å². The van der Waals surface area contributed by atoms with Gasteiger partial charge in [0, 0.05) is 23.0 Å². The molecule has 8 heteroatoms. The van der Waals surface area contributed by atoms with Crippen molar-refractivity contribution in [2.75, 3.05) is 37.8 Å². The number of nitrogens with zero attached hydrogens (tertiary/aromatic N) is 2. The Bertz CT molecular complexity index is 727. The molecule has 6 nitrogen and oxygen atoms in total. The predicted molar refractivity (Wildman–Crippen MR) is 100 cm³/mol. The zero-order valence-corrected chi connectivity index (χ0v) is 15.1. The highest BCUT2D eigenvalue weighted by Gasteiger charge is 2.12. The quantitative estimate of drug-likeness (QED) is 0.619. The van der Waals surface area contributed by atoms with Crippen molar-refractivity contribution in [1.29, 1.82) is 0 Å². The molecule has 0 spiro atoms. The number of morpholine rings is 1. The van der Waals surface area contributed by atoms with Gasteiger partial charge in [0.05, 0.1) is 24.4 Å². The summed E-state index contributed by atoms with van der Waals surface area (Å²) in [6.45, 7) is 3.20. The van der Waals surface area contributed by atoms with Crippen molar-refractivity contribution in [3.05, 3.63) is 46.3 Å². The average molecular weight is 380 g/mol. The molecule has 0 saturated carbocycles. The van der Waals surface area contributed by atoms with Crippen LogP contribution in [0, 0.1) is 0 Å². The highest BCUT2D eigenvalue weighted by Crippen LogP contribution is 2.25. The molecule has 0 unspecified atom stereocenters. The first-order chi connectivity index (χ1) is 12.2. The number of amides is 1. The number of carbonyl (C=O) groups excluding carboxylic acids is 1. The summed E-state index contributed by atoms with van der Waals surface area (Å²) in [7, 11) is 0.